The maximum atomic E-state index is 14.3. The Morgan fingerprint density at radius 3 is 2.61 bits per heavy atom. The molecule has 176 valence electrons. The van der Waals surface area contributed by atoms with Crippen LogP contribution in [0.3, 0.4) is 0 Å². The molecule has 3 heterocycles. The molecule has 1 fully saturated rings. The van der Waals surface area contributed by atoms with Crippen LogP contribution in [0.15, 0.2) is 36.5 Å². The van der Waals surface area contributed by atoms with Crippen LogP contribution < -0.4 is 14.6 Å². The van der Waals surface area contributed by atoms with Gasteiger partial charge in [0.05, 0.1) is 12.2 Å². The van der Waals surface area contributed by atoms with E-state index in [0.29, 0.717) is 24.8 Å². The number of hydrogen-bond donors (Lipinski definition) is 1. The summed E-state index contributed by atoms with van der Waals surface area (Å²) in [6, 6.07) is 8.57. The lowest BCUT2D eigenvalue weighted by molar-refractivity contribution is -0.574. The average molecular weight is 456 g/mol. The van der Waals surface area contributed by atoms with Gasteiger partial charge in [-0.2, -0.15) is 9.36 Å². The summed E-state index contributed by atoms with van der Waals surface area (Å²) in [7, 11) is 2.06. The Kier molecular flexibility index (Phi) is 6.93. The van der Waals surface area contributed by atoms with Crippen LogP contribution in [0.2, 0.25) is 0 Å². The molecule has 1 saturated heterocycles. The van der Waals surface area contributed by atoms with Gasteiger partial charge in [-0.15, -0.1) is 0 Å². The molecule has 0 unspecified atom stereocenters. The number of aromatic nitrogens is 1. The molecule has 2 aliphatic heterocycles. The first-order valence-electron chi connectivity index (χ1n) is 11.5. The fraction of sp³-hybridized carbons (Fsp3) is 0.480. The summed E-state index contributed by atoms with van der Waals surface area (Å²) < 4.78 is 21.3. The van der Waals surface area contributed by atoms with E-state index < -0.39 is 5.82 Å². The molecule has 2 aromatic rings. The van der Waals surface area contributed by atoms with E-state index in [9.17, 15) is 14.0 Å². The molecular formula is C25H32FN4O3+. The van der Waals surface area contributed by atoms with Gasteiger partial charge in [0.15, 0.2) is 18.1 Å². The first-order chi connectivity index (χ1) is 15.8. The predicted molar refractivity (Wildman–Crippen MR) is 121 cm³/mol. The first-order valence-corrected chi connectivity index (χ1v) is 11.5. The zero-order chi connectivity index (χ0) is 23.5. The van der Waals surface area contributed by atoms with Crippen LogP contribution in [0.25, 0.3) is 0 Å². The molecule has 1 aromatic carbocycles. The summed E-state index contributed by atoms with van der Waals surface area (Å²) in [6.07, 6.45) is 2.87. The molecule has 0 spiro atoms. The minimum atomic E-state index is -0.603. The second kappa shape index (κ2) is 9.87. The zero-order valence-electron chi connectivity index (χ0n) is 19.5. The number of hydrogen-bond acceptors (Lipinski definition) is 4. The predicted octanol–water partition coefficient (Wildman–Crippen LogP) is 2.96. The van der Waals surface area contributed by atoms with Crippen molar-refractivity contribution in [1.82, 2.24) is 15.1 Å². The molecule has 0 aliphatic carbocycles. The Balaban J connectivity index is 1.45. The maximum Gasteiger partial charge on any atom is 0.499 e. The molecule has 7 nitrogen and oxygen atoms in total. The first kappa shape index (κ1) is 23.2. The molecular weight excluding hydrogens is 423 g/mol. The summed E-state index contributed by atoms with van der Waals surface area (Å²) in [5.41, 5.74) is 1.68. The van der Waals surface area contributed by atoms with Crippen LogP contribution in [0.1, 0.15) is 48.3 Å². The summed E-state index contributed by atoms with van der Waals surface area (Å²) >= 11 is 0. The van der Waals surface area contributed by atoms with Gasteiger partial charge in [0.1, 0.15) is 18.5 Å². The third-order valence-corrected chi connectivity index (χ3v) is 6.13. The number of fused-ring (bicyclic) bond motifs is 1. The highest BCUT2D eigenvalue weighted by atomic mass is 19.1. The lowest BCUT2D eigenvalue weighted by atomic mass is 10.0. The summed E-state index contributed by atoms with van der Waals surface area (Å²) in [5, 5.41) is 3.03. The number of nitrogens with one attached hydrogen (secondary N) is 1. The van der Waals surface area contributed by atoms with Gasteiger partial charge in [0.25, 0.3) is 5.91 Å². The average Bonchev–Trinajstić information content (AvgIpc) is 3.09. The summed E-state index contributed by atoms with van der Waals surface area (Å²) in [6.45, 7) is 7.26. The van der Waals surface area contributed by atoms with Crippen molar-refractivity contribution < 1.29 is 23.3 Å². The number of benzene rings is 1. The SMILES string of the molecule is CC(C)COc1ccc(CN2Cc3c(C(=O)NC4CCN(C)CC4)cc(F)c[n+]3C2=O)cc1. The maximum absolute atomic E-state index is 14.3. The quantitative estimate of drug-likeness (QED) is 0.652. The third-order valence-electron chi connectivity index (χ3n) is 6.13. The molecule has 4 rings (SSSR count). The normalized spacial score (nSPS) is 16.9. The summed E-state index contributed by atoms with van der Waals surface area (Å²) in [4.78, 5) is 29.8. The molecule has 0 atom stereocenters. The fourth-order valence-electron chi connectivity index (χ4n) is 4.23. The zero-order valence-corrected chi connectivity index (χ0v) is 19.5. The van der Waals surface area contributed by atoms with Gasteiger partial charge in [0, 0.05) is 6.04 Å². The number of nitrogens with zero attached hydrogens (tertiary/aromatic N) is 3. The number of likely N-dealkylation sites (tertiary alicyclic amines) is 1. The molecule has 1 N–H and O–H groups in total. The highest BCUT2D eigenvalue weighted by Gasteiger charge is 2.40. The molecule has 2 aliphatic rings. The van der Waals surface area contributed by atoms with Crippen LogP contribution in [0, 0.1) is 11.7 Å². The minimum absolute atomic E-state index is 0.0576. The van der Waals surface area contributed by atoms with E-state index in [-0.39, 0.29) is 30.1 Å². The van der Waals surface area contributed by atoms with Crippen LogP contribution in [0.5, 0.6) is 5.75 Å². The van der Waals surface area contributed by atoms with Crippen LogP contribution in [-0.4, -0.2) is 54.5 Å². The van der Waals surface area contributed by atoms with E-state index in [1.165, 1.54) is 10.6 Å². The molecule has 33 heavy (non-hydrogen) atoms. The van der Waals surface area contributed by atoms with Crippen molar-refractivity contribution in [3.8, 4) is 5.75 Å². The molecule has 1 aromatic heterocycles. The van der Waals surface area contributed by atoms with Crippen molar-refractivity contribution in [2.45, 2.75) is 45.8 Å². The van der Waals surface area contributed by atoms with Crippen molar-refractivity contribution in [1.29, 1.82) is 0 Å². The second-order valence-corrected chi connectivity index (χ2v) is 9.43. The molecule has 2 amide bonds. The number of piperidine rings is 1. The highest BCUT2D eigenvalue weighted by molar-refractivity contribution is 5.95. The number of rotatable bonds is 7. The van der Waals surface area contributed by atoms with Crippen molar-refractivity contribution >= 4 is 11.9 Å². The van der Waals surface area contributed by atoms with E-state index >= 15 is 0 Å². The monoisotopic (exact) mass is 455 g/mol. The summed E-state index contributed by atoms with van der Waals surface area (Å²) in [5.74, 6) is 0.296. The van der Waals surface area contributed by atoms with Crippen LogP contribution in [0.4, 0.5) is 9.18 Å². The van der Waals surface area contributed by atoms with E-state index in [1.54, 1.807) is 4.90 Å². The highest BCUT2D eigenvalue weighted by Crippen LogP contribution is 2.20. The molecule has 0 bridgehead atoms. The van der Waals surface area contributed by atoms with E-state index in [4.69, 9.17) is 4.74 Å². The van der Waals surface area contributed by atoms with Gasteiger partial charge in [-0.25, -0.2) is 9.29 Å². The molecule has 0 radical (unpaired) electrons. The van der Waals surface area contributed by atoms with Crippen molar-refractivity contribution in [3.63, 3.8) is 0 Å². The Morgan fingerprint density at radius 1 is 1.24 bits per heavy atom. The number of ether oxygens (including phenoxy) is 1. The topological polar surface area (TPSA) is 65.8 Å². The Bertz CT molecular complexity index is 1020. The standard InChI is InChI=1S/C25H31FN4O3/c1-17(2)16-33-21-6-4-18(5-7-21)13-29-15-23-22(12-19(26)14-30(23)25(29)32)24(31)27-20-8-10-28(3)11-9-20/h4-7,12,14,17,20H,8-11,13,15-16H2,1-3H3/p+1. The van der Waals surface area contributed by atoms with Gasteiger partial charge in [-0.1, -0.05) is 26.0 Å². The Hall–Kier alpha value is -3.00. The van der Waals surface area contributed by atoms with Crippen molar-refractivity contribution in [2.75, 3.05) is 26.7 Å². The van der Waals surface area contributed by atoms with Crippen LogP contribution >= 0.6 is 0 Å². The lowest BCUT2D eigenvalue weighted by Crippen LogP contribution is -2.47. The number of carbonyl (C=O) groups is 2. The molecule has 0 saturated carbocycles. The van der Waals surface area contributed by atoms with Crippen LogP contribution in [-0.2, 0) is 13.1 Å². The van der Waals surface area contributed by atoms with Gasteiger partial charge in [-0.3, -0.25) is 4.79 Å². The van der Waals surface area contributed by atoms with Crippen molar-refractivity contribution in [2.24, 2.45) is 5.92 Å². The van der Waals surface area contributed by atoms with Crippen molar-refractivity contribution in [3.05, 3.63) is 59.2 Å². The van der Waals surface area contributed by atoms with E-state index in [2.05, 4.69) is 31.1 Å². The van der Waals surface area contributed by atoms with E-state index in [1.807, 2.05) is 24.3 Å². The Morgan fingerprint density at radius 2 is 1.94 bits per heavy atom. The lowest BCUT2D eigenvalue weighted by Gasteiger charge is -2.29. The van der Waals surface area contributed by atoms with E-state index in [0.717, 1.165) is 43.4 Å². The number of carbonyl (C=O) groups excluding carboxylic acids is 2. The third kappa shape index (κ3) is 5.50. The van der Waals surface area contributed by atoms with Gasteiger partial charge >= 0.3 is 6.03 Å². The van der Waals surface area contributed by atoms with Gasteiger partial charge in [-0.05, 0) is 62.7 Å². The Labute approximate surface area is 194 Å². The second-order valence-electron chi connectivity index (χ2n) is 9.43. The number of halogens is 1. The smallest absolute Gasteiger partial charge is 0.493 e. The van der Waals surface area contributed by atoms with Gasteiger partial charge in [0.2, 0.25) is 0 Å². The molecule has 8 heteroatoms. The van der Waals surface area contributed by atoms with Gasteiger partial charge < -0.3 is 15.0 Å². The largest absolute Gasteiger partial charge is 0.499 e. The number of amides is 2. The fourth-order valence-corrected chi connectivity index (χ4v) is 4.23. The number of pyridine rings is 1. The minimum Gasteiger partial charge on any atom is -0.493 e.